The first-order valence-electron chi connectivity index (χ1n) is 7.96. The minimum absolute atomic E-state index is 0.0125. The van der Waals surface area contributed by atoms with E-state index in [1.807, 2.05) is 0 Å². The van der Waals surface area contributed by atoms with Crippen LogP contribution in [0.1, 0.15) is 19.3 Å². The predicted molar refractivity (Wildman–Crippen MR) is 92.6 cm³/mol. The number of hydrogen-bond donors (Lipinski definition) is 1. The lowest BCUT2D eigenvalue weighted by molar-refractivity contribution is -0.118. The first-order valence-corrected chi connectivity index (χ1v) is 8.34. The molecule has 0 aliphatic carbocycles. The summed E-state index contributed by atoms with van der Waals surface area (Å²) in [6, 6.07) is 10.6. The zero-order valence-corrected chi connectivity index (χ0v) is 14.0. The van der Waals surface area contributed by atoms with Crippen LogP contribution in [0.3, 0.4) is 0 Å². The minimum atomic E-state index is 0.0125. The number of carbonyl (C=O) groups excluding carboxylic acids is 1. The summed E-state index contributed by atoms with van der Waals surface area (Å²) < 4.78 is 11.0. The molecule has 3 rings (SSSR count). The van der Waals surface area contributed by atoms with Crippen molar-refractivity contribution in [3.8, 4) is 11.6 Å². The molecule has 0 radical (unpaired) electrons. The molecule has 1 saturated heterocycles. The van der Waals surface area contributed by atoms with E-state index in [0.29, 0.717) is 35.6 Å². The summed E-state index contributed by atoms with van der Waals surface area (Å²) in [4.78, 5) is 16.1. The number of benzene rings is 1. The van der Waals surface area contributed by atoms with Gasteiger partial charge in [-0.25, -0.2) is 4.98 Å². The van der Waals surface area contributed by atoms with E-state index in [1.54, 1.807) is 36.4 Å². The van der Waals surface area contributed by atoms with Gasteiger partial charge in [0.1, 0.15) is 5.75 Å². The number of carbonyl (C=O) groups is 1. The van der Waals surface area contributed by atoms with Crippen LogP contribution in [0.2, 0.25) is 5.02 Å². The first kappa shape index (κ1) is 16.7. The van der Waals surface area contributed by atoms with Crippen molar-refractivity contribution in [2.75, 3.05) is 18.5 Å². The molecule has 2 heterocycles. The van der Waals surface area contributed by atoms with Crippen LogP contribution in [0.5, 0.6) is 11.6 Å². The van der Waals surface area contributed by atoms with Crippen LogP contribution < -0.4 is 10.1 Å². The average Bonchev–Trinajstić information content (AvgIpc) is 2.59. The second-order valence-electron chi connectivity index (χ2n) is 5.78. The van der Waals surface area contributed by atoms with Gasteiger partial charge < -0.3 is 14.8 Å². The number of rotatable bonds is 5. The molecule has 1 fully saturated rings. The molecule has 1 unspecified atom stereocenters. The maximum Gasteiger partial charge on any atom is 0.224 e. The zero-order chi connectivity index (χ0) is 16.8. The van der Waals surface area contributed by atoms with Gasteiger partial charge in [-0.1, -0.05) is 11.6 Å². The van der Waals surface area contributed by atoms with Crippen molar-refractivity contribution in [1.29, 1.82) is 0 Å². The van der Waals surface area contributed by atoms with Gasteiger partial charge in [-0.2, -0.15) is 0 Å². The summed E-state index contributed by atoms with van der Waals surface area (Å²) >= 11 is 5.79. The molecule has 0 saturated carbocycles. The lowest BCUT2D eigenvalue weighted by Gasteiger charge is -2.21. The highest BCUT2D eigenvalue weighted by Gasteiger charge is 2.17. The lowest BCUT2D eigenvalue weighted by Crippen LogP contribution is -2.23. The van der Waals surface area contributed by atoms with Crippen molar-refractivity contribution >= 4 is 23.2 Å². The van der Waals surface area contributed by atoms with E-state index in [9.17, 15) is 4.79 Å². The highest BCUT2D eigenvalue weighted by atomic mass is 35.5. The Kier molecular flexibility index (Phi) is 5.67. The summed E-state index contributed by atoms with van der Waals surface area (Å²) in [5.74, 6) is 1.44. The summed E-state index contributed by atoms with van der Waals surface area (Å²) in [5, 5.41) is 3.46. The highest BCUT2D eigenvalue weighted by Crippen LogP contribution is 2.23. The van der Waals surface area contributed by atoms with Crippen molar-refractivity contribution in [1.82, 2.24) is 4.98 Å². The standard InChI is InChI=1S/C18H19ClN2O3/c19-14-3-8-18(20-11-14)24-16-6-4-15(5-7-16)21-17(22)10-13-2-1-9-23-12-13/h3-8,11,13H,1-2,9-10,12H2,(H,21,22). The third-order valence-corrected chi connectivity index (χ3v) is 4.01. The number of halogens is 1. The van der Waals surface area contributed by atoms with Crippen LogP contribution in [0.15, 0.2) is 42.6 Å². The molecule has 2 aromatic rings. The van der Waals surface area contributed by atoms with Crippen LogP contribution in [0, 0.1) is 5.92 Å². The van der Waals surface area contributed by atoms with Crippen LogP contribution in [0.4, 0.5) is 5.69 Å². The second-order valence-corrected chi connectivity index (χ2v) is 6.21. The van der Waals surface area contributed by atoms with E-state index in [4.69, 9.17) is 21.1 Å². The highest BCUT2D eigenvalue weighted by molar-refractivity contribution is 6.30. The topological polar surface area (TPSA) is 60.5 Å². The van der Waals surface area contributed by atoms with Crippen LogP contribution >= 0.6 is 11.6 Å². The van der Waals surface area contributed by atoms with Crippen molar-refractivity contribution in [2.24, 2.45) is 5.92 Å². The molecule has 1 aromatic carbocycles. The van der Waals surface area contributed by atoms with Gasteiger partial charge in [0.05, 0.1) is 5.02 Å². The Morgan fingerprint density at radius 3 is 2.79 bits per heavy atom. The molecular weight excluding hydrogens is 328 g/mol. The summed E-state index contributed by atoms with van der Waals surface area (Å²) in [6.07, 6.45) is 4.10. The number of anilines is 1. The minimum Gasteiger partial charge on any atom is -0.439 e. The molecular formula is C18H19ClN2O3. The normalized spacial score (nSPS) is 17.3. The quantitative estimate of drug-likeness (QED) is 0.877. The Hall–Kier alpha value is -2.11. The van der Waals surface area contributed by atoms with Crippen molar-refractivity contribution < 1.29 is 14.3 Å². The molecule has 0 spiro atoms. The summed E-state index contributed by atoms with van der Waals surface area (Å²) in [5.41, 5.74) is 0.744. The second kappa shape index (κ2) is 8.13. The van der Waals surface area contributed by atoms with Gasteiger partial charge in [-0.05, 0) is 49.1 Å². The summed E-state index contributed by atoms with van der Waals surface area (Å²) in [7, 11) is 0. The third-order valence-electron chi connectivity index (χ3n) is 3.79. The summed E-state index contributed by atoms with van der Waals surface area (Å²) in [6.45, 7) is 1.48. The smallest absolute Gasteiger partial charge is 0.224 e. The monoisotopic (exact) mass is 346 g/mol. The zero-order valence-electron chi connectivity index (χ0n) is 13.2. The molecule has 1 aliphatic heterocycles. The Balaban J connectivity index is 1.52. The number of nitrogens with one attached hydrogen (secondary N) is 1. The van der Waals surface area contributed by atoms with Gasteiger partial charge in [-0.15, -0.1) is 0 Å². The average molecular weight is 347 g/mol. The Morgan fingerprint density at radius 2 is 2.12 bits per heavy atom. The SMILES string of the molecule is O=C(CC1CCCOC1)Nc1ccc(Oc2ccc(Cl)cn2)cc1. The lowest BCUT2D eigenvalue weighted by atomic mass is 9.98. The molecule has 6 heteroatoms. The molecule has 126 valence electrons. The molecule has 24 heavy (non-hydrogen) atoms. The van der Waals surface area contributed by atoms with Crippen LogP contribution in [0.25, 0.3) is 0 Å². The number of aromatic nitrogens is 1. The van der Waals surface area contributed by atoms with E-state index in [1.165, 1.54) is 6.20 Å². The molecule has 1 aromatic heterocycles. The predicted octanol–water partition coefficient (Wildman–Crippen LogP) is 4.28. The Morgan fingerprint density at radius 1 is 1.29 bits per heavy atom. The van der Waals surface area contributed by atoms with E-state index in [0.717, 1.165) is 25.1 Å². The fourth-order valence-electron chi connectivity index (χ4n) is 2.59. The van der Waals surface area contributed by atoms with Gasteiger partial charge in [0.2, 0.25) is 11.8 Å². The molecule has 1 atom stereocenters. The fraction of sp³-hybridized carbons (Fsp3) is 0.333. The van der Waals surface area contributed by atoms with Crippen molar-refractivity contribution in [3.05, 3.63) is 47.6 Å². The molecule has 5 nitrogen and oxygen atoms in total. The van der Waals surface area contributed by atoms with Crippen molar-refractivity contribution in [2.45, 2.75) is 19.3 Å². The number of ether oxygens (including phenoxy) is 2. The molecule has 1 N–H and O–H groups in total. The fourth-order valence-corrected chi connectivity index (χ4v) is 2.70. The van der Waals surface area contributed by atoms with E-state index in [-0.39, 0.29) is 5.91 Å². The van der Waals surface area contributed by atoms with Gasteiger partial charge in [0.15, 0.2) is 0 Å². The van der Waals surface area contributed by atoms with Gasteiger partial charge >= 0.3 is 0 Å². The van der Waals surface area contributed by atoms with Crippen LogP contribution in [-0.2, 0) is 9.53 Å². The maximum atomic E-state index is 12.1. The molecule has 1 amide bonds. The van der Waals surface area contributed by atoms with E-state index >= 15 is 0 Å². The number of amides is 1. The van der Waals surface area contributed by atoms with Gasteiger partial charge in [0.25, 0.3) is 0 Å². The Bertz CT molecular complexity index is 668. The van der Waals surface area contributed by atoms with Crippen molar-refractivity contribution in [3.63, 3.8) is 0 Å². The van der Waals surface area contributed by atoms with Gasteiger partial charge in [0, 0.05) is 37.6 Å². The van der Waals surface area contributed by atoms with Gasteiger partial charge in [-0.3, -0.25) is 4.79 Å². The van der Waals surface area contributed by atoms with E-state index in [2.05, 4.69) is 10.3 Å². The molecule has 1 aliphatic rings. The number of hydrogen-bond acceptors (Lipinski definition) is 4. The third kappa shape index (κ3) is 4.94. The largest absolute Gasteiger partial charge is 0.439 e. The van der Waals surface area contributed by atoms with Crippen LogP contribution in [-0.4, -0.2) is 24.1 Å². The first-order chi connectivity index (χ1) is 11.7. The Labute approximate surface area is 145 Å². The number of nitrogens with zero attached hydrogens (tertiary/aromatic N) is 1. The van der Waals surface area contributed by atoms with E-state index < -0.39 is 0 Å². The maximum absolute atomic E-state index is 12.1. The number of pyridine rings is 1. The molecule has 0 bridgehead atoms.